The summed E-state index contributed by atoms with van der Waals surface area (Å²) in [6, 6.07) is 15.7. The van der Waals surface area contributed by atoms with Crippen LogP contribution in [0.1, 0.15) is 78.6 Å². The maximum Gasteiger partial charge on any atom is 0.321 e. The van der Waals surface area contributed by atoms with Gasteiger partial charge in [0.25, 0.3) is 0 Å². The van der Waals surface area contributed by atoms with Crippen LogP contribution in [0.25, 0.3) is 0 Å². The number of hydrogen-bond donors (Lipinski definition) is 1. The summed E-state index contributed by atoms with van der Waals surface area (Å²) in [5.74, 6) is 0.369. The lowest BCUT2D eigenvalue weighted by atomic mass is 10.1. The third-order valence-corrected chi connectivity index (χ3v) is 6.45. The number of hydrogen-bond acceptors (Lipinski definition) is 4. The molecule has 2 aromatic carbocycles. The van der Waals surface area contributed by atoms with Crippen molar-refractivity contribution >= 4 is 29.4 Å². The lowest BCUT2D eigenvalue weighted by Gasteiger charge is -2.23. The quantitative estimate of drug-likeness (QED) is 0.159. The predicted molar refractivity (Wildman–Crippen MR) is 142 cm³/mol. The molecule has 5 nitrogen and oxygen atoms in total. The van der Waals surface area contributed by atoms with Gasteiger partial charge < -0.3 is 10.1 Å². The Hall–Kier alpha value is -2.47. The molecule has 34 heavy (non-hydrogen) atoms. The molecule has 0 fully saturated rings. The van der Waals surface area contributed by atoms with Gasteiger partial charge in [0.15, 0.2) is 0 Å². The van der Waals surface area contributed by atoms with E-state index in [4.69, 9.17) is 4.74 Å². The zero-order valence-corrected chi connectivity index (χ0v) is 21.8. The smallest absolute Gasteiger partial charge is 0.321 e. The van der Waals surface area contributed by atoms with Crippen LogP contribution in [0, 0.1) is 0 Å². The van der Waals surface area contributed by atoms with Crippen molar-refractivity contribution < 1.29 is 14.3 Å². The van der Waals surface area contributed by atoms with Crippen LogP contribution in [0.4, 0.5) is 10.5 Å². The Kier molecular flexibility index (Phi) is 13.2. The van der Waals surface area contributed by atoms with E-state index in [0.717, 1.165) is 54.1 Å². The van der Waals surface area contributed by atoms with Crippen molar-refractivity contribution in [3.05, 3.63) is 48.5 Å². The highest BCUT2D eigenvalue weighted by molar-refractivity contribution is 7.99. The molecule has 0 bridgehead atoms. The highest BCUT2D eigenvalue weighted by Crippen LogP contribution is 2.30. The topological polar surface area (TPSA) is 58.6 Å². The SMILES string of the molecule is CCCCCCCN(C(=O)NCCCC)c1ccc(Sc2ccc(OC(=O)CCC)cc2)cc1. The first-order chi connectivity index (χ1) is 16.6. The standard InChI is InChI=1S/C28H40N2O3S/c1-4-7-9-10-11-22-30(28(32)29-21-8-5-2)23-13-17-25(18-14-23)34-26-19-15-24(16-20-26)33-27(31)12-6-3/h13-20H,4-12,21-22H2,1-3H3,(H,29,32). The fourth-order valence-corrected chi connectivity index (χ4v) is 4.30. The van der Waals surface area contributed by atoms with Crippen LogP contribution in [0.5, 0.6) is 5.75 Å². The lowest BCUT2D eigenvalue weighted by Crippen LogP contribution is -2.41. The molecule has 0 saturated heterocycles. The first-order valence-electron chi connectivity index (χ1n) is 12.7. The molecule has 0 aromatic heterocycles. The maximum atomic E-state index is 12.8. The third kappa shape index (κ3) is 10.2. The van der Waals surface area contributed by atoms with Crippen LogP contribution in [0.3, 0.4) is 0 Å². The summed E-state index contributed by atoms with van der Waals surface area (Å²) in [4.78, 5) is 28.5. The van der Waals surface area contributed by atoms with E-state index in [9.17, 15) is 9.59 Å². The molecular weight excluding hydrogens is 444 g/mol. The highest BCUT2D eigenvalue weighted by Gasteiger charge is 2.15. The molecule has 0 aliphatic heterocycles. The lowest BCUT2D eigenvalue weighted by molar-refractivity contribution is -0.134. The van der Waals surface area contributed by atoms with Crippen molar-refractivity contribution in [2.45, 2.75) is 88.3 Å². The minimum absolute atomic E-state index is 0.0162. The van der Waals surface area contributed by atoms with E-state index in [1.807, 2.05) is 48.2 Å². The monoisotopic (exact) mass is 484 g/mol. The molecule has 2 aromatic rings. The average Bonchev–Trinajstić information content (AvgIpc) is 2.83. The second-order valence-corrected chi connectivity index (χ2v) is 9.59. The van der Waals surface area contributed by atoms with Crippen molar-refractivity contribution in [2.75, 3.05) is 18.0 Å². The van der Waals surface area contributed by atoms with E-state index in [1.54, 1.807) is 11.8 Å². The molecule has 0 aliphatic carbocycles. The minimum atomic E-state index is -0.202. The normalized spacial score (nSPS) is 10.7. The number of carbonyl (C=O) groups excluding carboxylic acids is 2. The summed E-state index contributed by atoms with van der Waals surface area (Å²) in [6.45, 7) is 7.73. The number of urea groups is 1. The summed E-state index contributed by atoms with van der Waals surface area (Å²) in [5.41, 5.74) is 0.923. The number of benzene rings is 2. The van der Waals surface area contributed by atoms with E-state index < -0.39 is 0 Å². The van der Waals surface area contributed by atoms with Gasteiger partial charge in [0, 0.05) is 35.0 Å². The van der Waals surface area contributed by atoms with E-state index in [2.05, 4.69) is 31.3 Å². The Labute approximate surface area is 209 Å². The molecule has 0 radical (unpaired) electrons. The highest BCUT2D eigenvalue weighted by atomic mass is 32.2. The molecule has 1 N–H and O–H groups in total. The molecular formula is C28H40N2O3S. The summed E-state index contributed by atoms with van der Waals surface area (Å²) < 4.78 is 5.32. The van der Waals surface area contributed by atoms with Crippen LogP contribution >= 0.6 is 11.8 Å². The van der Waals surface area contributed by atoms with Crippen molar-refractivity contribution in [1.29, 1.82) is 0 Å². The number of nitrogens with zero attached hydrogens (tertiary/aromatic N) is 1. The first-order valence-corrected chi connectivity index (χ1v) is 13.5. The van der Waals surface area contributed by atoms with E-state index in [0.29, 0.717) is 18.7 Å². The van der Waals surface area contributed by atoms with Gasteiger partial charge in [0.2, 0.25) is 0 Å². The zero-order valence-electron chi connectivity index (χ0n) is 21.0. The Morgan fingerprint density at radius 1 is 0.794 bits per heavy atom. The second-order valence-electron chi connectivity index (χ2n) is 8.44. The number of amides is 2. The number of rotatable bonds is 15. The molecule has 0 aliphatic rings. The molecule has 0 saturated carbocycles. The first kappa shape index (κ1) is 27.8. The van der Waals surface area contributed by atoms with Crippen molar-refractivity contribution in [3.63, 3.8) is 0 Å². The van der Waals surface area contributed by atoms with E-state index in [1.165, 1.54) is 19.3 Å². The van der Waals surface area contributed by atoms with E-state index in [-0.39, 0.29) is 12.0 Å². The Bertz CT molecular complexity index is 853. The number of carbonyl (C=O) groups is 2. The van der Waals surface area contributed by atoms with Gasteiger partial charge in [-0.05, 0) is 67.8 Å². The van der Waals surface area contributed by atoms with Crippen molar-refractivity contribution in [1.82, 2.24) is 5.32 Å². The van der Waals surface area contributed by atoms with Gasteiger partial charge in [-0.1, -0.05) is 64.6 Å². The van der Waals surface area contributed by atoms with Crippen LogP contribution < -0.4 is 15.0 Å². The van der Waals surface area contributed by atoms with Gasteiger partial charge in [-0.15, -0.1) is 0 Å². The maximum absolute atomic E-state index is 12.8. The second kappa shape index (κ2) is 16.2. The number of unbranched alkanes of at least 4 members (excludes halogenated alkanes) is 5. The molecule has 0 unspecified atom stereocenters. The number of nitrogens with one attached hydrogen (secondary N) is 1. The Morgan fingerprint density at radius 2 is 1.41 bits per heavy atom. The molecule has 186 valence electrons. The third-order valence-electron chi connectivity index (χ3n) is 5.43. The number of esters is 1. The Balaban J connectivity index is 1.99. The van der Waals surface area contributed by atoms with Crippen LogP contribution in [0.15, 0.2) is 58.3 Å². The van der Waals surface area contributed by atoms with Gasteiger partial charge >= 0.3 is 12.0 Å². The summed E-state index contributed by atoms with van der Waals surface area (Å²) in [7, 11) is 0. The molecule has 0 atom stereocenters. The van der Waals surface area contributed by atoms with Gasteiger partial charge in [-0.3, -0.25) is 9.69 Å². The average molecular weight is 485 g/mol. The molecule has 0 spiro atoms. The number of anilines is 1. The van der Waals surface area contributed by atoms with Gasteiger partial charge in [0.1, 0.15) is 5.75 Å². The molecule has 0 heterocycles. The Morgan fingerprint density at radius 3 is 2.03 bits per heavy atom. The summed E-state index contributed by atoms with van der Waals surface area (Å²) >= 11 is 1.64. The molecule has 2 rings (SSSR count). The fourth-order valence-electron chi connectivity index (χ4n) is 3.48. The van der Waals surface area contributed by atoms with Crippen LogP contribution in [0.2, 0.25) is 0 Å². The molecule has 2 amide bonds. The van der Waals surface area contributed by atoms with Crippen molar-refractivity contribution in [3.8, 4) is 5.75 Å². The zero-order chi connectivity index (χ0) is 24.6. The van der Waals surface area contributed by atoms with Gasteiger partial charge in [0.05, 0.1) is 0 Å². The van der Waals surface area contributed by atoms with E-state index >= 15 is 0 Å². The van der Waals surface area contributed by atoms with Gasteiger partial charge in [-0.25, -0.2) is 4.79 Å². The molecule has 6 heteroatoms. The number of ether oxygens (including phenoxy) is 1. The largest absolute Gasteiger partial charge is 0.427 e. The summed E-state index contributed by atoms with van der Waals surface area (Å²) in [6.07, 6.45) is 9.08. The van der Waals surface area contributed by atoms with Crippen molar-refractivity contribution in [2.24, 2.45) is 0 Å². The minimum Gasteiger partial charge on any atom is -0.427 e. The van der Waals surface area contributed by atoms with Gasteiger partial charge in [-0.2, -0.15) is 0 Å². The predicted octanol–water partition coefficient (Wildman–Crippen LogP) is 7.83. The fraction of sp³-hybridized carbons (Fsp3) is 0.500. The van der Waals surface area contributed by atoms with Crippen LogP contribution in [-0.2, 0) is 4.79 Å². The van der Waals surface area contributed by atoms with Crippen LogP contribution in [-0.4, -0.2) is 25.1 Å². The summed E-state index contributed by atoms with van der Waals surface area (Å²) in [5, 5.41) is 3.06.